The zero-order chi connectivity index (χ0) is 25.6. The third-order valence-electron chi connectivity index (χ3n) is 5.20. The van der Waals surface area contributed by atoms with E-state index >= 15 is 0 Å². The van der Waals surface area contributed by atoms with Gasteiger partial charge in [0, 0.05) is 12.5 Å². The molecule has 0 aliphatic rings. The molecular weight excluding hydrogens is 404 g/mol. The standard InChI is InChI=1S/C11H13NO.C10H23N.C9H14/c1-8-4-5-10(7-9(2)13)11(6-8)12-3;1-4-7-8-10(6-3)11-9-5-2;1-5-6-7-9(4)8(2)3/h4-6H,3,7H2,1-2H3;10-11H,4-9H2,1-3H3;5-7H,1H2,2-4H3/b;;7-6-. The molecule has 1 rings (SSSR count). The van der Waals surface area contributed by atoms with Crippen LogP contribution in [-0.2, 0) is 11.2 Å². The van der Waals surface area contributed by atoms with Gasteiger partial charge in [-0.2, -0.15) is 0 Å². The van der Waals surface area contributed by atoms with Gasteiger partial charge in [0.25, 0.3) is 0 Å². The summed E-state index contributed by atoms with van der Waals surface area (Å²) in [5.74, 6) is 0.147. The van der Waals surface area contributed by atoms with Crippen LogP contribution in [0.25, 0.3) is 0 Å². The van der Waals surface area contributed by atoms with Gasteiger partial charge in [0.05, 0.1) is 5.69 Å². The molecule has 0 saturated carbocycles. The van der Waals surface area contributed by atoms with E-state index in [4.69, 9.17) is 0 Å². The van der Waals surface area contributed by atoms with Gasteiger partial charge in [0.2, 0.25) is 0 Å². The number of nitrogens with zero attached hydrogens (tertiary/aromatic N) is 1. The van der Waals surface area contributed by atoms with Crippen molar-refractivity contribution in [2.24, 2.45) is 4.99 Å². The second-order valence-corrected chi connectivity index (χ2v) is 8.65. The molecule has 0 radical (unpaired) electrons. The molecule has 1 aromatic rings. The van der Waals surface area contributed by atoms with Gasteiger partial charge in [-0.3, -0.25) is 9.79 Å². The second kappa shape index (κ2) is 21.6. The van der Waals surface area contributed by atoms with Crippen molar-refractivity contribution in [1.29, 1.82) is 0 Å². The minimum atomic E-state index is 0.147. The van der Waals surface area contributed by atoms with E-state index in [0.29, 0.717) is 6.42 Å². The van der Waals surface area contributed by atoms with E-state index in [1.165, 1.54) is 49.8 Å². The maximum absolute atomic E-state index is 10.9. The Labute approximate surface area is 205 Å². The lowest BCUT2D eigenvalue weighted by Gasteiger charge is -2.15. The largest absolute Gasteiger partial charge is 0.314 e. The number of carbonyl (C=O) groups excluding carboxylic acids is 1. The topological polar surface area (TPSA) is 41.5 Å². The number of ketones is 1. The average Bonchev–Trinajstić information content (AvgIpc) is 2.79. The summed E-state index contributed by atoms with van der Waals surface area (Å²) in [6.45, 7) is 24.9. The number of aryl methyl sites for hydroxylation is 1. The van der Waals surface area contributed by atoms with Crippen LogP contribution in [0.3, 0.4) is 0 Å². The van der Waals surface area contributed by atoms with Gasteiger partial charge in [-0.1, -0.05) is 81.7 Å². The van der Waals surface area contributed by atoms with Gasteiger partial charge in [-0.05, 0) is 84.3 Å². The molecule has 0 aliphatic heterocycles. The fourth-order valence-electron chi connectivity index (χ4n) is 2.87. The van der Waals surface area contributed by atoms with Crippen LogP contribution < -0.4 is 5.32 Å². The number of nitrogens with one attached hydrogen (secondary N) is 1. The molecule has 0 heterocycles. The van der Waals surface area contributed by atoms with Crippen molar-refractivity contribution >= 4 is 18.2 Å². The van der Waals surface area contributed by atoms with E-state index in [9.17, 15) is 4.79 Å². The fraction of sp³-hybridized carbons (Fsp3) is 0.533. The van der Waals surface area contributed by atoms with Gasteiger partial charge in [0.15, 0.2) is 0 Å². The minimum absolute atomic E-state index is 0.147. The quantitative estimate of drug-likeness (QED) is 0.254. The van der Waals surface area contributed by atoms with E-state index in [0.717, 1.165) is 22.9 Å². The Balaban J connectivity index is 0. The molecule has 1 unspecified atom stereocenters. The Morgan fingerprint density at radius 1 is 1.12 bits per heavy atom. The molecule has 33 heavy (non-hydrogen) atoms. The summed E-state index contributed by atoms with van der Waals surface area (Å²) in [6.07, 6.45) is 12.8. The number of unbranched alkanes of at least 4 members (excludes halogenated alkanes) is 1. The predicted molar refractivity (Wildman–Crippen MR) is 150 cm³/mol. The number of allylic oxidation sites excluding steroid dienone is 5. The molecule has 0 fully saturated rings. The maximum atomic E-state index is 10.9. The van der Waals surface area contributed by atoms with Crippen molar-refractivity contribution in [3.63, 3.8) is 0 Å². The molecule has 1 N–H and O–H groups in total. The monoisotopic (exact) mass is 454 g/mol. The first-order chi connectivity index (χ1) is 15.7. The van der Waals surface area contributed by atoms with Crippen LogP contribution in [0.15, 0.2) is 59.1 Å². The highest BCUT2D eigenvalue weighted by Gasteiger charge is 2.03. The van der Waals surface area contributed by atoms with Crippen LogP contribution in [0, 0.1) is 6.92 Å². The average molecular weight is 455 g/mol. The van der Waals surface area contributed by atoms with Crippen molar-refractivity contribution in [1.82, 2.24) is 5.32 Å². The van der Waals surface area contributed by atoms with Gasteiger partial charge in [-0.25, -0.2) is 0 Å². The lowest BCUT2D eigenvalue weighted by molar-refractivity contribution is -0.116. The number of aliphatic imine (C=N–C) groups is 1. The predicted octanol–water partition coefficient (Wildman–Crippen LogP) is 8.50. The van der Waals surface area contributed by atoms with Crippen LogP contribution in [0.1, 0.15) is 91.7 Å². The third kappa shape index (κ3) is 19.0. The molecule has 0 amide bonds. The number of carbonyl (C=O) groups is 1. The molecule has 0 aliphatic carbocycles. The molecule has 0 saturated heterocycles. The summed E-state index contributed by atoms with van der Waals surface area (Å²) < 4.78 is 0. The molecule has 0 bridgehead atoms. The summed E-state index contributed by atoms with van der Waals surface area (Å²) in [6, 6.07) is 6.62. The maximum Gasteiger partial charge on any atom is 0.134 e. The number of hydrogen-bond acceptors (Lipinski definition) is 3. The summed E-state index contributed by atoms with van der Waals surface area (Å²) in [5, 5.41) is 3.55. The second-order valence-electron chi connectivity index (χ2n) is 8.65. The van der Waals surface area contributed by atoms with Crippen LogP contribution in [0.4, 0.5) is 5.69 Å². The normalized spacial score (nSPS) is 10.9. The van der Waals surface area contributed by atoms with Crippen molar-refractivity contribution in [3.05, 3.63) is 65.3 Å². The van der Waals surface area contributed by atoms with Gasteiger partial charge < -0.3 is 5.32 Å². The van der Waals surface area contributed by atoms with Crippen LogP contribution >= 0.6 is 0 Å². The lowest BCUT2D eigenvalue weighted by Crippen LogP contribution is -2.28. The van der Waals surface area contributed by atoms with Crippen molar-refractivity contribution in [2.45, 2.75) is 100.0 Å². The summed E-state index contributed by atoms with van der Waals surface area (Å²) in [5.41, 5.74) is 5.57. The summed E-state index contributed by atoms with van der Waals surface area (Å²) in [4.78, 5) is 14.8. The first-order valence-electron chi connectivity index (χ1n) is 12.4. The van der Waals surface area contributed by atoms with Gasteiger partial charge >= 0.3 is 0 Å². The molecule has 0 aromatic heterocycles. The number of rotatable bonds is 12. The van der Waals surface area contributed by atoms with Gasteiger partial charge in [0.1, 0.15) is 5.78 Å². The smallest absolute Gasteiger partial charge is 0.134 e. The molecule has 1 atom stereocenters. The summed E-state index contributed by atoms with van der Waals surface area (Å²) >= 11 is 0. The zero-order valence-corrected chi connectivity index (χ0v) is 22.8. The number of hydrogen-bond donors (Lipinski definition) is 1. The summed E-state index contributed by atoms with van der Waals surface area (Å²) in [7, 11) is 0. The van der Waals surface area contributed by atoms with E-state index in [-0.39, 0.29) is 5.78 Å². The van der Waals surface area contributed by atoms with E-state index < -0.39 is 0 Å². The molecule has 186 valence electrons. The molecule has 3 nitrogen and oxygen atoms in total. The molecule has 0 spiro atoms. The SMILES string of the molecule is C=C/C=C\C(C)=C(C)C.C=Nc1cc(C)ccc1CC(C)=O.CCCCC(CC)NCCC. The van der Waals surface area contributed by atoms with Crippen molar-refractivity contribution in [3.8, 4) is 0 Å². The van der Waals surface area contributed by atoms with Crippen molar-refractivity contribution < 1.29 is 4.79 Å². The van der Waals surface area contributed by atoms with Crippen LogP contribution in [-0.4, -0.2) is 25.1 Å². The Kier molecular flexibility index (Phi) is 21.5. The number of benzene rings is 1. The Morgan fingerprint density at radius 2 is 1.79 bits per heavy atom. The lowest BCUT2D eigenvalue weighted by atomic mass is 10.1. The fourth-order valence-corrected chi connectivity index (χ4v) is 2.87. The van der Waals surface area contributed by atoms with Crippen molar-refractivity contribution in [2.75, 3.05) is 6.54 Å². The van der Waals surface area contributed by atoms with Gasteiger partial charge in [-0.15, -0.1) is 0 Å². The van der Waals surface area contributed by atoms with E-state index in [1.54, 1.807) is 13.0 Å². The Hall–Kier alpha value is -2.26. The Bertz CT molecular complexity index is 732. The van der Waals surface area contributed by atoms with Crippen LogP contribution in [0.2, 0.25) is 0 Å². The Morgan fingerprint density at radius 3 is 2.24 bits per heavy atom. The first-order valence-corrected chi connectivity index (χ1v) is 12.4. The van der Waals surface area contributed by atoms with E-state index in [1.807, 2.05) is 31.2 Å². The molecule has 1 aromatic carbocycles. The highest BCUT2D eigenvalue weighted by atomic mass is 16.1. The zero-order valence-electron chi connectivity index (χ0n) is 22.8. The molecular formula is C30H50N2O. The highest BCUT2D eigenvalue weighted by molar-refractivity contribution is 5.80. The number of Topliss-reactive ketones (excluding diaryl/α,β-unsaturated/α-hetero) is 1. The first kappa shape index (κ1) is 32.9. The third-order valence-corrected chi connectivity index (χ3v) is 5.20. The molecule has 3 heteroatoms. The van der Waals surface area contributed by atoms with E-state index in [2.05, 4.69) is 71.2 Å². The van der Waals surface area contributed by atoms with Crippen LogP contribution in [0.5, 0.6) is 0 Å². The minimum Gasteiger partial charge on any atom is -0.314 e. The highest BCUT2D eigenvalue weighted by Crippen LogP contribution is 2.20.